The molecule has 0 saturated heterocycles. The lowest BCUT2D eigenvalue weighted by Gasteiger charge is -2.19. The standard InChI is InChI=1S/C23H30N4O2/c1-5-25(6-2)12-13-26-18-9-7-8-17(28)11-10-16(3)21(18)22-19-14-24(4)23(29)27(19)15-20(22)26/h7,9,15H,3,5-6,8,10-14H2,1-2,4H3/b9-7-. The van der Waals surface area contributed by atoms with Gasteiger partial charge in [-0.25, -0.2) is 4.79 Å². The fourth-order valence-electron chi connectivity index (χ4n) is 4.58. The van der Waals surface area contributed by atoms with Gasteiger partial charge in [-0.1, -0.05) is 26.5 Å². The molecule has 0 fully saturated rings. The number of likely N-dealkylation sites (N-methyl/N-ethyl adjacent to an activating group) is 1. The Labute approximate surface area is 172 Å². The number of carbonyl (C=O) groups excluding carboxylic acids is 2. The normalized spacial score (nSPS) is 18.2. The Balaban J connectivity index is 1.90. The smallest absolute Gasteiger partial charge is 0.328 e. The third-order valence-electron chi connectivity index (χ3n) is 6.31. The largest absolute Gasteiger partial charge is 0.338 e. The van der Waals surface area contributed by atoms with Crippen LogP contribution in [0.1, 0.15) is 50.1 Å². The van der Waals surface area contributed by atoms with Crippen LogP contribution >= 0.6 is 0 Å². The molecule has 0 aromatic carbocycles. The Hall–Kier alpha value is -2.60. The molecule has 2 aromatic heterocycles. The van der Waals surface area contributed by atoms with Gasteiger partial charge in [-0.2, -0.15) is 0 Å². The first-order chi connectivity index (χ1) is 14.0. The highest BCUT2D eigenvalue weighted by atomic mass is 16.2. The Kier molecular flexibility index (Phi) is 5.21. The lowest BCUT2D eigenvalue weighted by atomic mass is 9.98. The molecule has 154 valence electrons. The number of hydrogen-bond acceptors (Lipinski definition) is 3. The molecule has 0 saturated carbocycles. The molecular formula is C23H30N4O2. The summed E-state index contributed by atoms with van der Waals surface area (Å²) in [6, 6.07) is 0.0136. The summed E-state index contributed by atoms with van der Waals surface area (Å²) >= 11 is 0. The molecule has 1 amide bonds. The summed E-state index contributed by atoms with van der Waals surface area (Å²) in [5.74, 6) is 0.246. The van der Waals surface area contributed by atoms with Crippen molar-refractivity contribution in [3.63, 3.8) is 0 Å². The summed E-state index contributed by atoms with van der Waals surface area (Å²) in [5.41, 5.74) is 5.35. The number of fused-ring (bicyclic) bond motifs is 5. The average molecular weight is 395 g/mol. The first kappa shape index (κ1) is 19.7. The molecule has 1 aliphatic heterocycles. The number of aromatic nitrogens is 2. The number of allylic oxidation sites excluding steroid dienone is 2. The zero-order valence-electron chi connectivity index (χ0n) is 17.7. The van der Waals surface area contributed by atoms with Crippen molar-refractivity contribution in [3.8, 4) is 0 Å². The minimum atomic E-state index is 0.0136. The average Bonchev–Trinajstić information content (AvgIpc) is 3.30. The van der Waals surface area contributed by atoms with Gasteiger partial charge in [0, 0.05) is 55.8 Å². The molecule has 6 nitrogen and oxygen atoms in total. The lowest BCUT2D eigenvalue weighted by Crippen LogP contribution is -2.27. The van der Waals surface area contributed by atoms with Gasteiger partial charge in [-0.05, 0) is 31.2 Å². The van der Waals surface area contributed by atoms with Gasteiger partial charge >= 0.3 is 6.03 Å². The summed E-state index contributed by atoms with van der Waals surface area (Å²) in [4.78, 5) is 28.8. The molecule has 0 N–H and O–H groups in total. The highest BCUT2D eigenvalue weighted by Gasteiger charge is 2.31. The second-order valence-electron chi connectivity index (χ2n) is 8.03. The summed E-state index contributed by atoms with van der Waals surface area (Å²) in [7, 11) is 1.83. The van der Waals surface area contributed by atoms with E-state index < -0.39 is 0 Å². The molecule has 0 unspecified atom stereocenters. The number of Topliss-reactive ketones (excluding diaryl/α,β-unsaturated/α-hetero) is 1. The maximum atomic E-state index is 12.6. The van der Waals surface area contributed by atoms with Crippen LogP contribution in [0.4, 0.5) is 4.79 Å². The molecule has 1 aliphatic carbocycles. The van der Waals surface area contributed by atoms with E-state index in [0.717, 1.165) is 59.6 Å². The molecule has 2 aliphatic rings. The van der Waals surface area contributed by atoms with Gasteiger partial charge in [-0.15, -0.1) is 0 Å². The predicted octanol–water partition coefficient (Wildman–Crippen LogP) is 3.98. The number of nitrogens with zero attached hydrogens (tertiary/aromatic N) is 4. The second kappa shape index (κ2) is 7.67. The molecule has 0 atom stereocenters. The molecule has 29 heavy (non-hydrogen) atoms. The maximum Gasteiger partial charge on any atom is 0.328 e. The van der Waals surface area contributed by atoms with Crippen LogP contribution in [0.2, 0.25) is 0 Å². The van der Waals surface area contributed by atoms with Crippen LogP contribution in [0, 0.1) is 0 Å². The third-order valence-corrected chi connectivity index (χ3v) is 6.31. The number of rotatable bonds is 5. The van der Waals surface area contributed by atoms with Crippen LogP contribution in [0.25, 0.3) is 22.6 Å². The van der Waals surface area contributed by atoms with E-state index in [0.29, 0.717) is 25.8 Å². The van der Waals surface area contributed by atoms with Crippen LogP contribution in [-0.4, -0.2) is 57.4 Å². The van der Waals surface area contributed by atoms with E-state index >= 15 is 0 Å². The van der Waals surface area contributed by atoms with E-state index in [4.69, 9.17) is 0 Å². The van der Waals surface area contributed by atoms with Gasteiger partial charge in [-0.3, -0.25) is 9.36 Å². The molecule has 2 aromatic rings. The molecular weight excluding hydrogens is 364 g/mol. The number of carbonyl (C=O) groups is 2. The van der Waals surface area contributed by atoms with Gasteiger partial charge in [0.25, 0.3) is 0 Å². The SMILES string of the molecule is C=C1CCC(=O)C/C=C\c2c1c1c3n(cc1n2CCN(CC)CC)C(=O)N(C)C3. The Bertz CT molecular complexity index is 1020. The van der Waals surface area contributed by atoms with Gasteiger partial charge < -0.3 is 14.4 Å². The van der Waals surface area contributed by atoms with E-state index in [1.165, 1.54) is 0 Å². The predicted molar refractivity (Wildman–Crippen MR) is 117 cm³/mol. The van der Waals surface area contributed by atoms with E-state index in [9.17, 15) is 9.59 Å². The van der Waals surface area contributed by atoms with Crippen molar-refractivity contribution < 1.29 is 9.59 Å². The Morgan fingerprint density at radius 2 is 1.93 bits per heavy atom. The fourth-order valence-corrected chi connectivity index (χ4v) is 4.58. The zero-order valence-corrected chi connectivity index (χ0v) is 17.7. The molecule has 4 rings (SSSR count). The Morgan fingerprint density at radius 3 is 2.66 bits per heavy atom. The summed E-state index contributed by atoms with van der Waals surface area (Å²) < 4.78 is 4.10. The van der Waals surface area contributed by atoms with Crippen LogP contribution in [-0.2, 0) is 17.9 Å². The highest BCUT2D eigenvalue weighted by Crippen LogP contribution is 2.40. The molecule has 3 heterocycles. The minimum Gasteiger partial charge on any atom is -0.338 e. The fraction of sp³-hybridized carbons (Fsp3) is 0.478. The van der Waals surface area contributed by atoms with Crippen molar-refractivity contribution in [1.82, 2.24) is 18.9 Å². The van der Waals surface area contributed by atoms with Crippen molar-refractivity contribution in [2.75, 3.05) is 26.7 Å². The van der Waals surface area contributed by atoms with Crippen molar-refractivity contribution >= 4 is 34.4 Å². The van der Waals surface area contributed by atoms with Gasteiger partial charge in [0.1, 0.15) is 5.78 Å². The number of amides is 1. The first-order valence-electron chi connectivity index (χ1n) is 10.6. The lowest BCUT2D eigenvalue weighted by molar-refractivity contribution is -0.118. The first-order valence-corrected chi connectivity index (χ1v) is 10.6. The quantitative estimate of drug-likeness (QED) is 0.771. The second-order valence-corrected chi connectivity index (χ2v) is 8.03. The van der Waals surface area contributed by atoms with Crippen molar-refractivity contribution in [1.29, 1.82) is 0 Å². The van der Waals surface area contributed by atoms with Crippen LogP contribution in [0.5, 0.6) is 0 Å². The van der Waals surface area contributed by atoms with Crippen LogP contribution < -0.4 is 0 Å². The zero-order chi connectivity index (χ0) is 20.7. The minimum absolute atomic E-state index is 0.0136. The topological polar surface area (TPSA) is 50.5 Å². The van der Waals surface area contributed by atoms with E-state index in [-0.39, 0.29) is 11.8 Å². The van der Waals surface area contributed by atoms with Crippen LogP contribution in [0.15, 0.2) is 18.9 Å². The van der Waals surface area contributed by atoms with E-state index in [1.807, 2.05) is 19.3 Å². The summed E-state index contributed by atoms with van der Waals surface area (Å²) in [5, 5.41) is 1.13. The van der Waals surface area contributed by atoms with Crippen molar-refractivity contribution in [3.05, 3.63) is 35.8 Å². The monoisotopic (exact) mass is 394 g/mol. The third kappa shape index (κ3) is 3.25. The molecule has 0 bridgehead atoms. The van der Waals surface area contributed by atoms with Gasteiger partial charge in [0.05, 0.1) is 17.8 Å². The highest BCUT2D eigenvalue weighted by molar-refractivity contribution is 6.03. The van der Waals surface area contributed by atoms with Crippen molar-refractivity contribution in [2.45, 2.75) is 46.2 Å². The van der Waals surface area contributed by atoms with Gasteiger partial charge in [0.15, 0.2) is 0 Å². The number of hydrogen-bond donors (Lipinski definition) is 0. The van der Waals surface area contributed by atoms with Crippen molar-refractivity contribution in [2.24, 2.45) is 0 Å². The molecule has 0 spiro atoms. The molecule has 0 radical (unpaired) electrons. The molecule has 6 heteroatoms. The summed E-state index contributed by atoms with van der Waals surface area (Å²) in [6.07, 6.45) is 7.71. The van der Waals surface area contributed by atoms with Crippen LogP contribution in [0.3, 0.4) is 0 Å². The maximum absolute atomic E-state index is 12.6. The van der Waals surface area contributed by atoms with E-state index in [1.54, 1.807) is 9.47 Å². The van der Waals surface area contributed by atoms with E-state index in [2.05, 4.69) is 36.0 Å². The number of ketones is 1. The summed E-state index contributed by atoms with van der Waals surface area (Å²) in [6.45, 7) is 13.1. The Morgan fingerprint density at radius 1 is 1.17 bits per heavy atom. The van der Waals surface area contributed by atoms with Gasteiger partial charge in [0.2, 0.25) is 0 Å².